The average Bonchev–Trinajstić information content (AvgIpc) is 3.85. The molecule has 10 heteroatoms. The molecule has 1 fully saturated rings. The second-order valence-corrected chi connectivity index (χ2v) is 13.0. The summed E-state index contributed by atoms with van der Waals surface area (Å²) in [6, 6.07) is 40.9. The minimum Gasteiger partial charge on any atom is -0.457 e. The quantitative estimate of drug-likeness (QED) is 0.0910. The van der Waals surface area contributed by atoms with Crippen LogP contribution < -0.4 is 14.5 Å². The molecular weight excluding hydrogens is 682 g/mol. The van der Waals surface area contributed by atoms with Gasteiger partial charge >= 0.3 is 0 Å². The second kappa shape index (κ2) is 12.6. The third-order valence-electron chi connectivity index (χ3n) is 9.85. The van der Waals surface area contributed by atoms with E-state index in [4.69, 9.17) is 4.74 Å². The predicted octanol–water partition coefficient (Wildman–Crippen LogP) is 7.53. The number of para-hydroxylation sites is 1. The number of Topliss-reactive ketones (excluding diaryl/α,β-unsaturated/α-hetero) is 1. The third-order valence-corrected chi connectivity index (χ3v) is 9.85. The van der Waals surface area contributed by atoms with Gasteiger partial charge < -0.3 is 9.64 Å². The van der Waals surface area contributed by atoms with Crippen LogP contribution in [0.1, 0.15) is 73.8 Å². The first-order valence-corrected chi connectivity index (χ1v) is 17.2. The number of imide groups is 2. The summed E-state index contributed by atoms with van der Waals surface area (Å²) >= 11 is 0. The van der Waals surface area contributed by atoms with Gasteiger partial charge in [0.05, 0.1) is 39.7 Å². The normalized spacial score (nSPS) is 17.1. The summed E-state index contributed by atoms with van der Waals surface area (Å²) in [7, 11) is 0. The van der Waals surface area contributed by atoms with Crippen molar-refractivity contribution in [1.82, 2.24) is 4.90 Å². The Balaban J connectivity index is 0.925. The standard InChI is InChI=1S/C44H27N3O7/c48-39(27-12-6-2-7-13-27)38-37(26-10-4-1-5-11-26)47(38)40(49)28-16-22-33-35(24-28)43(52)46(41(33)50)30-17-19-31(20-18-30)54-32-21-23-34-36(25-32)44(53)45(42(34)51)29-14-8-3-9-15-29/h1-25,37-38H/t37-,38+,47?/m1/s1. The summed E-state index contributed by atoms with van der Waals surface area (Å²) in [6.07, 6.45) is 0. The molecule has 5 amide bonds. The average molecular weight is 710 g/mol. The first-order chi connectivity index (χ1) is 26.3. The van der Waals surface area contributed by atoms with Crippen molar-refractivity contribution in [2.24, 2.45) is 0 Å². The number of nitrogens with zero attached hydrogens (tertiary/aromatic N) is 3. The lowest BCUT2D eigenvalue weighted by Gasteiger charge is -2.14. The minimum absolute atomic E-state index is 0.0807. The highest BCUT2D eigenvalue weighted by Crippen LogP contribution is 2.46. The predicted molar refractivity (Wildman–Crippen MR) is 198 cm³/mol. The Bertz CT molecular complexity index is 2560. The van der Waals surface area contributed by atoms with E-state index in [1.54, 1.807) is 91.0 Å². The summed E-state index contributed by atoms with van der Waals surface area (Å²) in [6.45, 7) is 0. The smallest absolute Gasteiger partial charge is 0.266 e. The highest BCUT2D eigenvalue weighted by molar-refractivity contribution is 6.35. The maximum absolute atomic E-state index is 14.0. The molecule has 0 aliphatic carbocycles. The fourth-order valence-corrected chi connectivity index (χ4v) is 7.17. The highest BCUT2D eigenvalue weighted by atomic mass is 16.5. The van der Waals surface area contributed by atoms with Crippen LogP contribution in [0, 0.1) is 0 Å². The van der Waals surface area contributed by atoms with E-state index in [1.807, 2.05) is 36.4 Å². The molecule has 54 heavy (non-hydrogen) atoms. The lowest BCUT2D eigenvalue weighted by atomic mass is 10.0. The van der Waals surface area contributed by atoms with Crippen LogP contribution in [0.25, 0.3) is 0 Å². The van der Waals surface area contributed by atoms with E-state index in [0.717, 1.165) is 15.4 Å². The Kier molecular flexibility index (Phi) is 7.60. The molecule has 0 N–H and O–H groups in total. The van der Waals surface area contributed by atoms with Gasteiger partial charge in [0.25, 0.3) is 29.5 Å². The number of carbonyl (C=O) groups is 6. The molecule has 0 unspecified atom stereocenters. The van der Waals surface area contributed by atoms with E-state index in [2.05, 4.69) is 0 Å². The van der Waals surface area contributed by atoms with Crippen molar-refractivity contribution in [3.05, 3.63) is 191 Å². The Labute approximate surface area is 308 Å². The fourth-order valence-electron chi connectivity index (χ4n) is 7.17. The van der Waals surface area contributed by atoms with E-state index >= 15 is 0 Å². The molecule has 0 radical (unpaired) electrons. The lowest BCUT2D eigenvalue weighted by molar-refractivity contribution is 0.0833. The number of benzene rings is 6. The van der Waals surface area contributed by atoms with E-state index < -0.39 is 41.6 Å². The number of carbonyl (C=O) groups excluding carboxylic acids is 6. The van der Waals surface area contributed by atoms with Crippen molar-refractivity contribution in [2.45, 2.75) is 12.1 Å². The van der Waals surface area contributed by atoms with Gasteiger partial charge in [0, 0.05) is 11.1 Å². The molecule has 0 aromatic heterocycles. The van der Waals surface area contributed by atoms with Crippen molar-refractivity contribution in [3.63, 3.8) is 0 Å². The molecule has 2 atom stereocenters. The van der Waals surface area contributed by atoms with Crippen LogP contribution in [-0.2, 0) is 0 Å². The number of hydrogen-bond donors (Lipinski definition) is 0. The highest BCUT2D eigenvalue weighted by Gasteiger charge is 2.56. The Hall–Kier alpha value is -7.46. The number of ketones is 1. The monoisotopic (exact) mass is 709 g/mol. The van der Waals surface area contributed by atoms with Gasteiger partial charge in [0.2, 0.25) is 0 Å². The van der Waals surface area contributed by atoms with E-state index in [1.165, 1.54) is 29.2 Å². The maximum atomic E-state index is 14.0. The lowest BCUT2D eigenvalue weighted by Crippen LogP contribution is -2.29. The summed E-state index contributed by atoms with van der Waals surface area (Å²) in [5.41, 5.74) is 2.99. The van der Waals surface area contributed by atoms with E-state index in [-0.39, 0.29) is 33.6 Å². The second-order valence-electron chi connectivity index (χ2n) is 13.0. The van der Waals surface area contributed by atoms with E-state index in [9.17, 15) is 28.8 Å². The minimum atomic E-state index is -0.714. The molecule has 0 spiro atoms. The Morgan fingerprint density at radius 2 is 0.963 bits per heavy atom. The molecule has 0 bridgehead atoms. The Morgan fingerprint density at radius 1 is 0.463 bits per heavy atom. The van der Waals surface area contributed by atoms with Crippen molar-refractivity contribution < 1.29 is 33.5 Å². The van der Waals surface area contributed by atoms with Gasteiger partial charge in [-0.05, 0) is 78.4 Å². The molecule has 1 saturated heterocycles. The SMILES string of the molecule is O=C(c1ccccc1)[C@@H]1[C@@H](c2ccccc2)N1C(=O)c1ccc2c(c1)C(=O)N(c1ccc(Oc3ccc4c(c3)C(=O)N(c3ccccc3)C4=O)cc1)C2=O. The molecule has 6 aromatic carbocycles. The van der Waals surface area contributed by atoms with E-state index in [0.29, 0.717) is 28.4 Å². The molecule has 0 saturated carbocycles. The zero-order chi connectivity index (χ0) is 37.1. The van der Waals surface area contributed by atoms with Gasteiger partial charge in [0.15, 0.2) is 5.78 Å². The topological polar surface area (TPSA) is 121 Å². The maximum Gasteiger partial charge on any atom is 0.266 e. The molecule has 3 aliphatic heterocycles. The number of fused-ring (bicyclic) bond motifs is 2. The number of anilines is 2. The van der Waals surface area contributed by atoms with Crippen molar-refractivity contribution in [2.75, 3.05) is 9.80 Å². The molecule has 6 aromatic rings. The van der Waals surface area contributed by atoms with Crippen LogP contribution >= 0.6 is 0 Å². The summed E-state index contributed by atoms with van der Waals surface area (Å²) < 4.78 is 5.99. The van der Waals surface area contributed by atoms with Crippen molar-refractivity contribution in [3.8, 4) is 11.5 Å². The molecule has 3 heterocycles. The van der Waals surface area contributed by atoms with Crippen LogP contribution in [0.2, 0.25) is 0 Å². The molecular formula is C44H27N3O7. The van der Waals surface area contributed by atoms with Gasteiger partial charge in [-0.3, -0.25) is 28.8 Å². The van der Waals surface area contributed by atoms with Crippen LogP contribution in [0.3, 0.4) is 0 Å². The van der Waals surface area contributed by atoms with Crippen LogP contribution in [0.4, 0.5) is 11.4 Å². The summed E-state index contributed by atoms with van der Waals surface area (Å²) in [5.74, 6) is -1.93. The number of hydrogen-bond acceptors (Lipinski definition) is 7. The third kappa shape index (κ3) is 5.27. The number of amides is 5. The molecule has 10 nitrogen and oxygen atoms in total. The zero-order valence-corrected chi connectivity index (χ0v) is 28.3. The van der Waals surface area contributed by atoms with Crippen LogP contribution in [0.5, 0.6) is 11.5 Å². The van der Waals surface area contributed by atoms with Gasteiger partial charge in [-0.1, -0.05) is 78.9 Å². The number of ether oxygens (including phenoxy) is 1. The first kappa shape index (κ1) is 32.4. The van der Waals surface area contributed by atoms with Gasteiger partial charge in [-0.25, -0.2) is 9.80 Å². The van der Waals surface area contributed by atoms with Crippen LogP contribution in [0.15, 0.2) is 152 Å². The molecule has 260 valence electrons. The summed E-state index contributed by atoms with van der Waals surface area (Å²) in [4.78, 5) is 84.5. The van der Waals surface area contributed by atoms with Crippen LogP contribution in [-0.4, -0.2) is 46.3 Å². The Morgan fingerprint density at radius 3 is 1.59 bits per heavy atom. The largest absolute Gasteiger partial charge is 0.457 e. The van der Waals surface area contributed by atoms with Crippen molar-refractivity contribution >= 4 is 46.7 Å². The molecule has 9 rings (SSSR count). The molecule has 3 aliphatic rings. The van der Waals surface area contributed by atoms with Gasteiger partial charge in [0.1, 0.15) is 17.5 Å². The fraction of sp³-hybridized carbons (Fsp3) is 0.0455. The van der Waals surface area contributed by atoms with Crippen molar-refractivity contribution in [1.29, 1.82) is 0 Å². The summed E-state index contributed by atoms with van der Waals surface area (Å²) in [5, 5.41) is 0. The zero-order valence-electron chi connectivity index (χ0n) is 28.3. The van der Waals surface area contributed by atoms with Gasteiger partial charge in [-0.2, -0.15) is 0 Å². The number of rotatable bonds is 8. The van der Waals surface area contributed by atoms with Gasteiger partial charge in [-0.15, -0.1) is 0 Å². The first-order valence-electron chi connectivity index (χ1n) is 17.2.